The van der Waals surface area contributed by atoms with Crippen molar-refractivity contribution in [3.05, 3.63) is 54.7 Å². The van der Waals surface area contributed by atoms with Crippen LogP contribution in [0.5, 0.6) is 0 Å². The summed E-state index contributed by atoms with van der Waals surface area (Å²) in [6.45, 7) is 0. The fourth-order valence-corrected chi connectivity index (χ4v) is 1.57. The van der Waals surface area contributed by atoms with E-state index in [0.29, 0.717) is 5.69 Å². The summed E-state index contributed by atoms with van der Waals surface area (Å²) in [5, 5.41) is 0. The maximum Gasteiger partial charge on any atom is 0.212 e. The molecule has 3 nitrogen and oxygen atoms in total. The van der Waals surface area contributed by atoms with Gasteiger partial charge in [0.25, 0.3) is 0 Å². The Bertz CT molecular complexity index is 665. The zero-order valence-corrected chi connectivity index (χ0v) is 8.76. The van der Waals surface area contributed by atoms with Crippen LogP contribution < -0.4 is 0 Å². The van der Waals surface area contributed by atoms with Crippen molar-refractivity contribution in [1.29, 1.82) is 0 Å². The number of hydrogen-bond donors (Lipinski definition) is 0. The second kappa shape index (κ2) is 3.90. The molecule has 1 aromatic carbocycles. The van der Waals surface area contributed by atoms with E-state index in [0.717, 1.165) is 16.6 Å². The van der Waals surface area contributed by atoms with E-state index in [1.165, 1.54) is 12.3 Å². The Kier molecular flexibility index (Phi) is 2.26. The van der Waals surface area contributed by atoms with Crippen LogP contribution in [0.2, 0.25) is 0 Å². The van der Waals surface area contributed by atoms with E-state index >= 15 is 0 Å². The highest BCUT2D eigenvalue weighted by Crippen LogP contribution is 2.17. The summed E-state index contributed by atoms with van der Waals surface area (Å²) in [6.07, 6.45) is 3.09. The molecule has 0 aliphatic heterocycles. The molecular weight excluding hydrogens is 217 g/mol. The lowest BCUT2D eigenvalue weighted by molar-refractivity contribution is 0.584. The Morgan fingerprint density at radius 1 is 1.00 bits per heavy atom. The standard InChI is InChI=1S/C13H7FN3/c14-13-6-5-9(7-16-13)12-8-15-10-3-1-2-4-11(10)17-12/h1,3-8H. The lowest BCUT2D eigenvalue weighted by Gasteiger charge is -2.01. The fraction of sp³-hybridized carbons (Fsp3) is 0. The third kappa shape index (κ3) is 1.85. The Morgan fingerprint density at radius 3 is 2.76 bits per heavy atom. The van der Waals surface area contributed by atoms with Gasteiger partial charge in [0.15, 0.2) is 0 Å². The van der Waals surface area contributed by atoms with Crippen molar-refractivity contribution in [3.63, 3.8) is 0 Å². The zero-order valence-electron chi connectivity index (χ0n) is 8.76. The van der Waals surface area contributed by atoms with Crippen molar-refractivity contribution in [1.82, 2.24) is 15.0 Å². The molecular formula is C13H7FN3. The molecule has 0 bridgehead atoms. The van der Waals surface area contributed by atoms with Gasteiger partial charge in [-0.15, -0.1) is 0 Å². The van der Waals surface area contributed by atoms with Crippen molar-refractivity contribution >= 4 is 11.0 Å². The molecule has 0 aliphatic carbocycles. The minimum absolute atomic E-state index is 0.504. The fourth-order valence-electron chi connectivity index (χ4n) is 1.57. The number of benzene rings is 1. The molecule has 0 saturated carbocycles. The molecule has 0 N–H and O–H groups in total. The van der Waals surface area contributed by atoms with Crippen LogP contribution in [0.25, 0.3) is 22.3 Å². The molecule has 2 heterocycles. The van der Waals surface area contributed by atoms with Crippen LogP contribution in [-0.2, 0) is 0 Å². The van der Waals surface area contributed by atoms with Crippen LogP contribution >= 0.6 is 0 Å². The molecule has 3 aromatic rings. The molecule has 0 aliphatic rings. The van der Waals surface area contributed by atoms with Crippen molar-refractivity contribution < 1.29 is 4.39 Å². The summed E-state index contributed by atoms with van der Waals surface area (Å²) in [4.78, 5) is 12.3. The second-order valence-electron chi connectivity index (χ2n) is 3.54. The van der Waals surface area contributed by atoms with E-state index in [1.54, 1.807) is 24.4 Å². The first-order chi connectivity index (χ1) is 8.33. The van der Waals surface area contributed by atoms with Gasteiger partial charge in [0.1, 0.15) is 0 Å². The van der Waals surface area contributed by atoms with Crippen LogP contribution in [0.15, 0.2) is 42.7 Å². The summed E-state index contributed by atoms with van der Waals surface area (Å²) in [5.41, 5.74) is 2.98. The molecule has 0 saturated heterocycles. The van der Waals surface area contributed by atoms with Gasteiger partial charge >= 0.3 is 0 Å². The molecule has 81 valence electrons. The maximum absolute atomic E-state index is 12.7. The predicted molar refractivity (Wildman–Crippen MR) is 61.6 cm³/mol. The summed E-state index contributed by atoms with van der Waals surface area (Å²) in [7, 11) is 0. The zero-order chi connectivity index (χ0) is 11.7. The topological polar surface area (TPSA) is 38.7 Å². The van der Waals surface area contributed by atoms with Crippen LogP contribution in [0.1, 0.15) is 0 Å². The Labute approximate surface area is 97.0 Å². The van der Waals surface area contributed by atoms with E-state index < -0.39 is 5.95 Å². The van der Waals surface area contributed by atoms with E-state index in [2.05, 4.69) is 21.0 Å². The normalized spacial score (nSPS) is 10.6. The SMILES string of the molecule is Fc1ccc(-c2cnc3cc[c]cc3n2)cn1. The lowest BCUT2D eigenvalue weighted by Crippen LogP contribution is -1.90. The summed E-state index contributed by atoms with van der Waals surface area (Å²) in [6, 6.07) is 11.3. The number of aromatic nitrogens is 3. The number of halogens is 1. The summed E-state index contributed by atoms with van der Waals surface area (Å²) >= 11 is 0. The van der Waals surface area contributed by atoms with Gasteiger partial charge in [-0.2, -0.15) is 4.39 Å². The molecule has 17 heavy (non-hydrogen) atoms. The molecule has 0 spiro atoms. The van der Waals surface area contributed by atoms with Crippen molar-refractivity contribution in [2.75, 3.05) is 0 Å². The van der Waals surface area contributed by atoms with Gasteiger partial charge in [-0.3, -0.25) is 4.98 Å². The third-order valence-corrected chi connectivity index (χ3v) is 2.41. The van der Waals surface area contributed by atoms with Crippen LogP contribution in [0.3, 0.4) is 0 Å². The molecule has 0 amide bonds. The second-order valence-corrected chi connectivity index (χ2v) is 3.54. The monoisotopic (exact) mass is 224 g/mol. The lowest BCUT2D eigenvalue weighted by atomic mass is 10.2. The number of pyridine rings is 1. The first kappa shape index (κ1) is 9.84. The van der Waals surface area contributed by atoms with E-state index in [-0.39, 0.29) is 0 Å². The highest BCUT2D eigenvalue weighted by molar-refractivity contribution is 5.76. The number of rotatable bonds is 1. The largest absolute Gasteiger partial charge is 0.252 e. The van der Waals surface area contributed by atoms with Gasteiger partial charge in [0, 0.05) is 11.8 Å². The highest BCUT2D eigenvalue weighted by Gasteiger charge is 2.02. The van der Waals surface area contributed by atoms with Gasteiger partial charge in [-0.25, -0.2) is 9.97 Å². The maximum atomic E-state index is 12.7. The molecule has 2 aromatic heterocycles. The van der Waals surface area contributed by atoms with Crippen LogP contribution in [0.4, 0.5) is 4.39 Å². The average molecular weight is 224 g/mol. The number of nitrogens with zero attached hydrogens (tertiary/aromatic N) is 3. The summed E-state index contributed by atoms with van der Waals surface area (Å²) < 4.78 is 12.7. The van der Waals surface area contributed by atoms with Gasteiger partial charge < -0.3 is 0 Å². The average Bonchev–Trinajstić information content (AvgIpc) is 2.39. The van der Waals surface area contributed by atoms with E-state index in [1.807, 2.05) is 6.07 Å². The van der Waals surface area contributed by atoms with Crippen molar-refractivity contribution in [2.24, 2.45) is 0 Å². The Hall–Kier alpha value is -2.36. The molecule has 3 rings (SSSR count). The van der Waals surface area contributed by atoms with E-state index in [4.69, 9.17) is 0 Å². The highest BCUT2D eigenvalue weighted by atomic mass is 19.1. The van der Waals surface area contributed by atoms with E-state index in [9.17, 15) is 4.39 Å². The van der Waals surface area contributed by atoms with Crippen molar-refractivity contribution in [2.45, 2.75) is 0 Å². The van der Waals surface area contributed by atoms with Gasteiger partial charge in [0.2, 0.25) is 5.95 Å². The first-order valence-corrected chi connectivity index (χ1v) is 5.08. The van der Waals surface area contributed by atoms with Gasteiger partial charge in [-0.05, 0) is 30.3 Å². The molecule has 0 fully saturated rings. The minimum Gasteiger partial charge on any atom is -0.252 e. The van der Waals surface area contributed by atoms with Crippen molar-refractivity contribution in [3.8, 4) is 11.3 Å². The van der Waals surface area contributed by atoms with Crippen LogP contribution in [-0.4, -0.2) is 15.0 Å². The first-order valence-electron chi connectivity index (χ1n) is 5.08. The van der Waals surface area contributed by atoms with Gasteiger partial charge in [0.05, 0.1) is 22.9 Å². The number of hydrogen-bond acceptors (Lipinski definition) is 3. The van der Waals surface area contributed by atoms with Gasteiger partial charge in [-0.1, -0.05) is 6.07 Å². The molecule has 1 radical (unpaired) electrons. The Morgan fingerprint density at radius 2 is 1.94 bits per heavy atom. The predicted octanol–water partition coefficient (Wildman–Crippen LogP) is 2.63. The Balaban J connectivity index is 2.14. The minimum atomic E-state index is -0.504. The quantitative estimate of drug-likeness (QED) is 0.596. The molecule has 0 atom stereocenters. The van der Waals surface area contributed by atoms with Crippen LogP contribution in [0, 0.1) is 12.0 Å². The smallest absolute Gasteiger partial charge is 0.212 e. The molecule has 4 heteroatoms. The summed E-state index contributed by atoms with van der Waals surface area (Å²) in [5.74, 6) is -0.504. The third-order valence-electron chi connectivity index (χ3n) is 2.41. The molecule has 0 unspecified atom stereocenters. The number of fused-ring (bicyclic) bond motifs is 1.